The predicted molar refractivity (Wildman–Crippen MR) is 360 cm³/mol. The zero-order valence-corrected chi connectivity index (χ0v) is 48.4. The monoisotopic (exact) mass is 1130 g/mol. The first kappa shape index (κ1) is 50.8. The second-order valence-corrected chi connectivity index (χ2v) is 23.8. The second kappa shape index (κ2) is 19.7. The number of hydrogen-bond donors (Lipinski definition) is 0. The Kier molecular flexibility index (Phi) is 11.3. The molecule has 17 rings (SSSR count). The summed E-state index contributed by atoms with van der Waals surface area (Å²) < 4.78 is 9.76. The molecule has 8 aromatic heterocycles. The van der Waals surface area contributed by atoms with E-state index in [1.54, 1.807) is 0 Å². The van der Waals surface area contributed by atoms with E-state index in [2.05, 4.69) is 259 Å². The lowest BCUT2D eigenvalue weighted by atomic mass is 9.81. The van der Waals surface area contributed by atoms with Crippen molar-refractivity contribution in [1.82, 2.24) is 38.2 Å². The van der Waals surface area contributed by atoms with Gasteiger partial charge in [0.15, 0.2) is 0 Å². The summed E-state index contributed by atoms with van der Waals surface area (Å²) in [6.07, 6.45) is 15.0. The van der Waals surface area contributed by atoms with Crippen LogP contribution in [-0.4, -0.2) is 38.2 Å². The van der Waals surface area contributed by atoms with Crippen LogP contribution in [0.5, 0.6) is 0 Å². The third-order valence-corrected chi connectivity index (χ3v) is 17.8. The standard InChI is InChI=1S/C79H53N9/c1-79(2,3)74-77(87-70-32-28-49(53-16-12-36-81-45-53)40-61(70)62-41-50(29-33-71(62)87)54-17-13-37-82-46-54)75(85-66-24-8-4-20-57(66)58-21-5-9-25-67(58)85)65(44-80)76(86-68-26-10-6-22-59(68)60-23-7-11-27-69(60)86)78(74)88-72-34-30-51(55-18-14-38-83-47-55)42-63(72)64-43-52(31-35-73(64)88)56-19-15-39-84-48-56/h4-43,45-48H,1-3H3. The van der Waals surface area contributed by atoms with Crippen LogP contribution in [0.15, 0.2) is 268 Å². The molecule has 0 amide bonds. The van der Waals surface area contributed by atoms with Gasteiger partial charge in [-0.2, -0.15) is 5.26 Å². The molecule has 9 nitrogen and oxygen atoms in total. The van der Waals surface area contributed by atoms with Gasteiger partial charge >= 0.3 is 0 Å². The minimum Gasteiger partial charge on any atom is -0.307 e. The Morgan fingerprint density at radius 2 is 0.545 bits per heavy atom. The van der Waals surface area contributed by atoms with Crippen molar-refractivity contribution in [2.24, 2.45) is 0 Å². The highest BCUT2D eigenvalue weighted by Crippen LogP contribution is 2.52. The summed E-state index contributed by atoms with van der Waals surface area (Å²) in [5, 5.41) is 21.7. The summed E-state index contributed by atoms with van der Waals surface area (Å²) in [6, 6.07) is 81.5. The van der Waals surface area contributed by atoms with E-state index >= 15 is 0 Å². The SMILES string of the molecule is CC(C)(C)c1c(-n2c3ccc(-c4cccnc4)cc3c3cc(-c4cccnc4)ccc32)c(-n2c3ccccc3c3ccccc32)c(C#N)c(-n2c3ccccc3c3ccccc32)c1-n1c2ccc(-c3cccnc3)cc2c2cc(-c3cccnc3)ccc21. The molecule has 0 radical (unpaired) electrons. The fraction of sp³-hybridized carbons (Fsp3) is 0.0506. The van der Waals surface area contributed by atoms with Crippen LogP contribution in [-0.2, 0) is 5.41 Å². The van der Waals surface area contributed by atoms with E-state index in [0.29, 0.717) is 5.56 Å². The van der Waals surface area contributed by atoms with Crippen LogP contribution in [0.4, 0.5) is 0 Å². The summed E-state index contributed by atoms with van der Waals surface area (Å²) in [6.45, 7) is 7.03. The Labute approximate surface area is 506 Å². The van der Waals surface area contributed by atoms with Crippen LogP contribution >= 0.6 is 0 Å². The van der Waals surface area contributed by atoms with Crippen LogP contribution < -0.4 is 0 Å². The highest BCUT2D eigenvalue weighted by molar-refractivity contribution is 6.17. The third-order valence-electron chi connectivity index (χ3n) is 17.8. The van der Waals surface area contributed by atoms with Crippen LogP contribution in [0.3, 0.4) is 0 Å². The summed E-state index contributed by atoms with van der Waals surface area (Å²) in [5.41, 5.74) is 20.4. The van der Waals surface area contributed by atoms with Crippen LogP contribution in [0.1, 0.15) is 31.9 Å². The first-order chi connectivity index (χ1) is 43.3. The summed E-state index contributed by atoms with van der Waals surface area (Å²) in [7, 11) is 0. The molecule has 0 bridgehead atoms. The largest absolute Gasteiger partial charge is 0.307 e. The molecule has 9 heteroatoms. The van der Waals surface area contributed by atoms with Gasteiger partial charge in [0.1, 0.15) is 11.6 Å². The molecule has 0 aliphatic carbocycles. The number of hydrogen-bond acceptors (Lipinski definition) is 5. The predicted octanol–water partition coefficient (Wildman–Crippen LogP) is 19.5. The fourth-order valence-electron chi connectivity index (χ4n) is 14.1. The van der Waals surface area contributed by atoms with E-state index in [1.165, 1.54) is 0 Å². The normalized spacial score (nSPS) is 12.0. The number of nitriles is 1. The lowest BCUT2D eigenvalue weighted by Crippen LogP contribution is -2.24. The van der Waals surface area contributed by atoms with Gasteiger partial charge in [-0.3, -0.25) is 19.9 Å². The first-order valence-electron chi connectivity index (χ1n) is 29.7. The van der Waals surface area contributed by atoms with Crippen LogP contribution in [0.2, 0.25) is 0 Å². The van der Waals surface area contributed by atoms with Gasteiger partial charge in [-0.25, -0.2) is 0 Å². The van der Waals surface area contributed by atoms with Crippen molar-refractivity contribution in [3.63, 3.8) is 0 Å². The molecule has 0 saturated carbocycles. The smallest absolute Gasteiger partial charge is 0.104 e. The maximum Gasteiger partial charge on any atom is 0.104 e. The fourth-order valence-corrected chi connectivity index (χ4v) is 14.1. The summed E-state index contributed by atoms with van der Waals surface area (Å²) >= 11 is 0. The molecule has 0 atom stereocenters. The van der Waals surface area contributed by atoms with Gasteiger partial charge in [-0.1, -0.05) is 142 Å². The zero-order chi connectivity index (χ0) is 58.8. The van der Waals surface area contributed by atoms with E-state index in [1.807, 2.05) is 73.8 Å². The van der Waals surface area contributed by atoms with Crippen molar-refractivity contribution in [3.8, 4) is 73.3 Å². The van der Waals surface area contributed by atoms with Gasteiger partial charge in [0.25, 0.3) is 0 Å². The highest BCUT2D eigenvalue weighted by atomic mass is 15.1. The summed E-state index contributed by atoms with van der Waals surface area (Å²) in [5.74, 6) is 0. The third kappa shape index (κ3) is 7.65. The lowest BCUT2D eigenvalue weighted by Gasteiger charge is -2.34. The summed E-state index contributed by atoms with van der Waals surface area (Å²) in [4.78, 5) is 18.3. The molecule has 17 aromatic rings. The van der Waals surface area contributed by atoms with Gasteiger partial charge in [0, 0.05) is 120 Å². The van der Waals surface area contributed by atoms with Gasteiger partial charge < -0.3 is 18.3 Å². The van der Waals surface area contributed by atoms with Crippen molar-refractivity contribution >= 4 is 87.2 Å². The maximum absolute atomic E-state index is 13.1. The first-order valence-corrected chi connectivity index (χ1v) is 29.7. The second-order valence-electron chi connectivity index (χ2n) is 23.8. The Hall–Kier alpha value is -11.7. The molecule has 9 aromatic carbocycles. The minimum absolute atomic E-state index is 0.513. The van der Waals surface area contributed by atoms with Gasteiger partial charge in [-0.15, -0.1) is 0 Å². The molecule has 0 unspecified atom stereocenters. The van der Waals surface area contributed by atoms with Crippen molar-refractivity contribution in [2.75, 3.05) is 0 Å². The molecule has 0 saturated heterocycles. The number of rotatable bonds is 8. The molecule has 8 heterocycles. The molecule has 0 N–H and O–H groups in total. The van der Waals surface area contributed by atoms with Crippen LogP contribution in [0.25, 0.3) is 154 Å². The Bertz CT molecular complexity index is 5080. The van der Waals surface area contributed by atoms with Crippen molar-refractivity contribution in [2.45, 2.75) is 26.2 Å². The average molecular weight is 1130 g/mol. The number of pyridine rings is 4. The molecular formula is C79H53N9. The molecule has 0 spiro atoms. The van der Waals surface area contributed by atoms with Gasteiger partial charge in [0.2, 0.25) is 0 Å². The van der Waals surface area contributed by atoms with Gasteiger partial charge in [0.05, 0.1) is 66.9 Å². The minimum atomic E-state index is -0.665. The van der Waals surface area contributed by atoms with Crippen LogP contribution in [0, 0.1) is 11.3 Å². The number of fused-ring (bicyclic) bond motifs is 12. The van der Waals surface area contributed by atoms with Crippen molar-refractivity contribution < 1.29 is 0 Å². The molecule has 414 valence electrons. The Morgan fingerprint density at radius 1 is 0.284 bits per heavy atom. The van der Waals surface area contributed by atoms with Crippen molar-refractivity contribution in [3.05, 3.63) is 279 Å². The number of nitrogens with zero attached hydrogens (tertiary/aromatic N) is 9. The van der Waals surface area contributed by atoms with E-state index in [-0.39, 0.29) is 0 Å². The quantitative estimate of drug-likeness (QED) is 0.151. The highest BCUT2D eigenvalue weighted by Gasteiger charge is 2.38. The lowest BCUT2D eigenvalue weighted by molar-refractivity contribution is 0.583. The maximum atomic E-state index is 13.1. The topological polar surface area (TPSA) is 95.1 Å². The Balaban J connectivity index is 1.15. The average Bonchev–Trinajstić information content (AvgIpc) is 1.50. The number of aromatic nitrogens is 8. The number of benzene rings is 9. The Morgan fingerprint density at radius 3 is 0.795 bits per heavy atom. The molecule has 0 aliphatic rings. The van der Waals surface area contributed by atoms with Crippen molar-refractivity contribution in [1.29, 1.82) is 5.26 Å². The van der Waals surface area contributed by atoms with E-state index in [0.717, 1.165) is 160 Å². The molecule has 88 heavy (non-hydrogen) atoms. The molecular weight excluding hydrogens is 1070 g/mol. The molecule has 0 aliphatic heterocycles. The van der Waals surface area contributed by atoms with E-state index < -0.39 is 5.41 Å². The van der Waals surface area contributed by atoms with E-state index in [4.69, 9.17) is 0 Å². The van der Waals surface area contributed by atoms with Gasteiger partial charge in [-0.05, 0) is 125 Å². The molecule has 0 fully saturated rings. The zero-order valence-electron chi connectivity index (χ0n) is 48.4. The van der Waals surface area contributed by atoms with E-state index in [9.17, 15) is 5.26 Å². The number of para-hydroxylation sites is 4.